The van der Waals surface area contributed by atoms with Crippen LogP contribution in [0.2, 0.25) is 0 Å². The third-order valence-electron chi connectivity index (χ3n) is 3.83. The Hall–Kier alpha value is -2.53. The highest BCUT2D eigenvalue weighted by molar-refractivity contribution is 6.04. The molecular formula is C19H24ClN3O2. The maximum absolute atomic E-state index is 12.6. The van der Waals surface area contributed by atoms with Crippen molar-refractivity contribution >= 4 is 35.6 Å². The minimum absolute atomic E-state index is 0. The minimum atomic E-state index is -0.167. The van der Waals surface area contributed by atoms with E-state index in [1.165, 1.54) is 0 Å². The van der Waals surface area contributed by atoms with Crippen LogP contribution in [0, 0.1) is 0 Å². The second-order valence-electron chi connectivity index (χ2n) is 5.49. The van der Waals surface area contributed by atoms with Gasteiger partial charge in [-0.05, 0) is 43.7 Å². The summed E-state index contributed by atoms with van der Waals surface area (Å²) in [5.74, 6) is -0.247. The zero-order valence-corrected chi connectivity index (χ0v) is 15.3. The number of halogens is 1. The van der Waals surface area contributed by atoms with Crippen molar-refractivity contribution in [3.05, 3.63) is 59.7 Å². The molecule has 0 fully saturated rings. The topological polar surface area (TPSA) is 75.4 Å². The predicted octanol–water partition coefficient (Wildman–Crippen LogP) is 3.35. The van der Waals surface area contributed by atoms with Crippen LogP contribution in [0.5, 0.6) is 0 Å². The second kappa shape index (κ2) is 9.69. The van der Waals surface area contributed by atoms with Crippen molar-refractivity contribution in [2.45, 2.75) is 20.3 Å². The van der Waals surface area contributed by atoms with Gasteiger partial charge < -0.3 is 16.0 Å². The summed E-state index contributed by atoms with van der Waals surface area (Å²) in [5.41, 5.74) is 8.22. The number of carbonyl (C=O) groups is 2. The van der Waals surface area contributed by atoms with E-state index in [1.807, 2.05) is 26.0 Å². The molecule has 0 saturated carbocycles. The van der Waals surface area contributed by atoms with Crippen LogP contribution in [0.4, 0.5) is 11.4 Å². The molecule has 0 aliphatic carbocycles. The lowest BCUT2D eigenvalue weighted by molar-refractivity contribution is -0.115. The van der Waals surface area contributed by atoms with Gasteiger partial charge in [0.1, 0.15) is 0 Å². The highest BCUT2D eigenvalue weighted by atomic mass is 35.5. The van der Waals surface area contributed by atoms with E-state index < -0.39 is 0 Å². The Morgan fingerprint density at radius 2 is 1.60 bits per heavy atom. The molecule has 3 N–H and O–H groups in total. The summed E-state index contributed by atoms with van der Waals surface area (Å²) in [4.78, 5) is 26.6. The molecule has 2 aromatic carbocycles. The zero-order valence-electron chi connectivity index (χ0n) is 14.5. The zero-order chi connectivity index (χ0) is 17.5. The molecule has 0 unspecified atom stereocenters. The number of anilines is 2. The fourth-order valence-corrected chi connectivity index (χ4v) is 2.48. The number of nitrogens with zero attached hydrogens (tertiary/aromatic N) is 1. The van der Waals surface area contributed by atoms with Crippen LogP contribution in [-0.4, -0.2) is 29.8 Å². The summed E-state index contributed by atoms with van der Waals surface area (Å²) >= 11 is 0. The number of hydrogen-bond donors (Lipinski definition) is 2. The molecule has 134 valence electrons. The first-order valence-corrected chi connectivity index (χ1v) is 8.07. The summed E-state index contributed by atoms with van der Waals surface area (Å²) in [5, 5.41) is 2.84. The number of nitrogens with two attached hydrogens (primary N) is 1. The number of rotatable bonds is 6. The molecule has 0 aliphatic rings. The third kappa shape index (κ3) is 5.50. The van der Waals surface area contributed by atoms with Gasteiger partial charge in [0, 0.05) is 18.8 Å². The van der Waals surface area contributed by atoms with Crippen LogP contribution < -0.4 is 11.1 Å². The van der Waals surface area contributed by atoms with E-state index in [2.05, 4.69) is 5.32 Å². The van der Waals surface area contributed by atoms with E-state index in [-0.39, 0.29) is 30.6 Å². The summed E-state index contributed by atoms with van der Waals surface area (Å²) in [6.07, 6.45) is 0.230. The lowest BCUT2D eigenvalue weighted by Gasteiger charge is -2.20. The smallest absolute Gasteiger partial charge is 0.255 e. The standard InChI is InChI=1S/C19H23N3O2.ClH/c1-3-22(4-2)19(24)16-7-5-6-8-17(16)21-18(23)13-14-9-11-15(20)12-10-14;/h5-12H,3-4,13,20H2,1-2H3,(H,21,23);1H. The van der Waals surface area contributed by atoms with E-state index >= 15 is 0 Å². The van der Waals surface area contributed by atoms with E-state index in [0.717, 1.165) is 5.56 Å². The van der Waals surface area contributed by atoms with Crippen molar-refractivity contribution in [1.29, 1.82) is 0 Å². The van der Waals surface area contributed by atoms with Crippen LogP contribution in [0.1, 0.15) is 29.8 Å². The fraction of sp³-hybridized carbons (Fsp3) is 0.263. The van der Waals surface area contributed by atoms with Gasteiger partial charge in [0.2, 0.25) is 5.91 Å². The van der Waals surface area contributed by atoms with E-state index in [1.54, 1.807) is 41.3 Å². The molecule has 2 aromatic rings. The maximum Gasteiger partial charge on any atom is 0.255 e. The Kier molecular flexibility index (Phi) is 7.95. The Morgan fingerprint density at radius 1 is 1.00 bits per heavy atom. The molecule has 2 amide bonds. The Balaban J connectivity index is 0.00000312. The molecule has 6 heteroatoms. The van der Waals surface area contributed by atoms with Crippen molar-refractivity contribution in [2.24, 2.45) is 0 Å². The van der Waals surface area contributed by atoms with Gasteiger partial charge >= 0.3 is 0 Å². The first-order valence-electron chi connectivity index (χ1n) is 8.07. The Morgan fingerprint density at radius 3 is 2.20 bits per heavy atom. The maximum atomic E-state index is 12.6. The third-order valence-corrected chi connectivity index (χ3v) is 3.83. The normalized spacial score (nSPS) is 9.84. The highest BCUT2D eigenvalue weighted by Gasteiger charge is 2.17. The average Bonchev–Trinajstić information content (AvgIpc) is 2.58. The van der Waals surface area contributed by atoms with Gasteiger partial charge in [0.25, 0.3) is 5.91 Å². The van der Waals surface area contributed by atoms with E-state index in [0.29, 0.717) is 30.0 Å². The van der Waals surface area contributed by atoms with Crippen LogP contribution >= 0.6 is 12.4 Å². The molecular weight excluding hydrogens is 338 g/mol. The summed E-state index contributed by atoms with van der Waals surface area (Å²) in [7, 11) is 0. The molecule has 0 bridgehead atoms. The number of nitrogen functional groups attached to an aromatic ring is 1. The molecule has 5 nitrogen and oxygen atoms in total. The molecule has 0 spiro atoms. The molecule has 0 atom stereocenters. The van der Waals surface area contributed by atoms with Gasteiger partial charge in [0.15, 0.2) is 0 Å². The van der Waals surface area contributed by atoms with Crippen molar-refractivity contribution < 1.29 is 9.59 Å². The average molecular weight is 362 g/mol. The number of amides is 2. The number of nitrogens with one attached hydrogen (secondary N) is 1. The molecule has 2 rings (SSSR count). The Bertz CT molecular complexity index is 713. The van der Waals surface area contributed by atoms with Gasteiger partial charge in [-0.2, -0.15) is 0 Å². The summed E-state index contributed by atoms with van der Waals surface area (Å²) in [6, 6.07) is 14.3. The minimum Gasteiger partial charge on any atom is -0.399 e. The van der Waals surface area contributed by atoms with Crippen LogP contribution in [0.3, 0.4) is 0 Å². The lowest BCUT2D eigenvalue weighted by atomic mass is 10.1. The van der Waals surface area contributed by atoms with Gasteiger partial charge in [-0.15, -0.1) is 12.4 Å². The monoisotopic (exact) mass is 361 g/mol. The van der Waals surface area contributed by atoms with Crippen molar-refractivity contribution in [3.8, 4) is 0 Å². The molecule has 0 saturated heterocycles. The van der Waals surface area contributed by atoms with E-state index in [4.69, 9.17) is 5.73 Å². The van der Waals surface area contributed by atoms with Gasteiger partial charge in [-0.1, -0.05) is 24.3 Å². The van der Waals surface area contributed by atoms with Crippen LogP contribution in [-0.2, 0) is 11.2 Å². The summed E-state index contributed by atoms with van der Waals surface area (Å²) < 4.78 is 0. The van der Waals surface area contributed by atoms with Crippen LogP contribution in [0.15, 0.2) is 48.5 Å². The molecule has 25 heavy (non-hydrogen) atoms. The number of carbonyl (C=O) groups excluding carboxylic acids is 2. The second-order valence-corrected chi connectivity index (χ2v) is 5.49. The number of benzene rings is 2. The SMILES string of the molecule is CCN(CC)C(=O)c1ccccc1NC(=O)Cc1ccc(N)cc1.Cl. The van der Waals surface area contributed by atoms with Gasteiger partial charge in [0.05, 0.1) is 17.7 Å². The molecule has 0 heterocycles. The summed E-state index contributed by atoms with van der Waals surface area (Å²) in [6.45, 7) is 5.12. The molecule has 0 aromatic heterocycles. The Labute approximate surface area is 154 Å². The quantitative estimate of drug-likeness (QED) is 0.775. The lowest BCUT2D eigenvalue weighted by Crippen LogP contribution is -2.31. The first-order chi connectivity index (χ1) is 11.5. The molecule has 0 radical (unpaired) electrons. The van der Waals surface area contributed by atoms with Gasteiger partial charge in [-0.25, -0.2) is 0 Å². The predicted molar refractivity (Wildman–Crippen MR) is 104 cm³/mol. The van der Waals surface area contributed by atoms with Crippen LogP contribution in [0.25, 0.3) is 0 Å². The number of para-hydroxylation sites is 1. The fourth-order valence-electron chi connectivity index (χ4n) is 2.48. The van der Waals surface area contributed by atoms with Crippen molar-refractivity contribution in [1.82, 2.24) is 4.90 Å². The number of hydrogen-bond acceptors (Lipinski definition) is 3. The highest BCUT2D eigenvalue weighted by Crippen LogP contribution is 2.18. The van der Waals surface area contributed by atoms with Crippen molar-refractivity contribution in [3.63, 3.8) is 0 Å². The van der Waals surface area contributed by atoms with E-state index in [9.17, 15) is 9.59 Å². The van der Waals surface area contributed by atoms with Gasteiger partial charge in [-0.3, -0.25) is 9.59 Å². The first kappa shape index (κ1) is 20.5. The largest absolute Gasteiger partial charge is 0.399 e. The van der Waals surface area contributed by atoms with Crippen molar-refractivity contribution in [2.75, 3.05) is 24.1 Å². The molecule has 0 aliphatic heterocycles.